The van der Waals surface area contributed by atoms with Gasteiger partial charge in [-0.05, 0) is 101 Å². The molecule has 9 heteroatoms. The summed E-state index contributed by atoms with van der Waals surface area (Å²) in [7, 11) is 0. The van der Waals surface area contributed by atoms with E-state index >= 15 is 4.39 Å². The average molecular weight is 558 g/mol. The van der Waals surface area contributed by atoms with Gasteiger partial charge in [0.25, 0.3) is 0 Å². The Kier molecular flexibility index (Phi) is 8.53. The van der Waals surface area contributed by atoms with E-state index in [0.29, 0.717) is 11.6 Å². The number of nitrogens with two attached hydrogens (primary N) is 1. The molecule has 2 unspecified atom stereocenters. The van der Waals surface area contributed by atoms with Gasteiger partial charge in [-0.2, -0.15) is 0 Å². The third kappa shape index (κ3) is 6.35. The molecule has 3 aliphatic heterocycles. The molecule has 5 rings (SSSR count). The van der Waals surface area contributed by atoms with E-state index in [4.69, 9.17) is 15.2 Å². The summed E-state index contributed by atoms with van der Waals surface area (Å²) >= 11 is 0. The van der Waals surface area contributed by atoms with Crippen molar-refractivity contribution in [2.45, 2.75) is 102 Å². The van der Waals surface area contributed by atoms with Crippen LogP contribution in [-0.2, 0) is 25.5 Å². The molecule has 0 spiro atoms. The molecule has 2 amide bonds. The molecule has 220 valence electrons. The van der Waals surface area contributed by atoms with E-state index in [-0.39, 0.29) is 42.3 Å². The van der Waals surface area contributed by atoms with Crippen molar-refractivity contribution in [3.05, 3.63) is 35.1 Å². The van der Waals surface area contributed by atoms with Crippen LogP contribution in [0.5, 0.6) is 0 Å². The first-order valence-corrected chi connectivity index (χ1v) is 14.9. The summed E-state index contributed by atoms with van der Waals surface area (Å²) in [5.41, 5.74) is 6.40. The molecule has 1 saturated carbocycles. The van der Waals surface area contributed by atoms with Crippen molar-refractivity contribution < 1.29 is 28.2 Å². The standard InChI is InChI=1S/C31H44FN3O5/c1-31(2,3)40-30(38)35-24-9-8-21(14-24)28(35)27(36)16-23(29(33)37)13-20-7-6-19(15-26(20)32)22-5-4-11-34(17-22)25-10-12-39-18-25/h6-7,15,21-25,28H,4-5,8-14,16-18H2,1-3H3,(H2,33,37)/t21-,22?,23+,24+,25?,28-/m0/s1. The SMILES string of the molecule is CC(C)(C)OC(=O)N1[C@@H]2CC[C@@H](C2)[C@H]1C(=O)C[C@@H](Cc1ccc(C2CCCN(C3CCOC3)C2)cc1F)C(N)=O. The van der Waals surface area contributed by atoms with Crippen molar-refractivity contribution in [3.8, 4) is 0 Å². The number of hydrogen-bond acceptors (Lipinski definition) is 6. The lowest BCUT2D eigenvalue weighted by atomic mass is 9.85. The Balaban J connectivity index is 1.25. The number of ether oxygens (including phenoxy) is 2. The van der Waals surface area contributed by atoms with Crippen molar-refractivity contribution in [1.82, 2.24) is 9.80 Å². The Bertz CT molecular complexity index is 1110. The van der Waals surface area contributed by atoms with Gasteiger partial charge in [-0.15, -0.1) is 0 Å². The molecule has 0 aromatic heterocycles. The number of nitrogens with zero attached hydrogens (tertiary/aromatic N) is 2. The smallest absolute Gasteiger partial charge is 0.411 e. The Labute approximate surface area is 236 Å². The van der Waals surface area contributed by atoms with E-state index in [9.17, 15) is 14.4 Å². The van der Waals surface area contributed by atoms with Crippen LogP contribution in [0.2, 0.25) is 0 Å². The summed E-state index contributed by atoms with van der Waals surface area (Å²) in [5.74, 6) is -1.74. The van der Waals surface area contributed by atoms with Gasteiger partial charge in [-0.1, -0.05) is 12.1 Å². The Morgan fingerprint density at radius 1 is 1.15 bits per heavy atom. The zero-order chi connectivity index (χ0) is 28.6. The van der Waals surface area contributed by atoms with Crippen LogP contribution < -0.4 is 5.73 Å². The second kappa shape index (κ2) is 11.8. The van der Waals surface area contributed by atoms with Gasteiger partial charge in [0, 0.05) is 37.6 Å². The van der Waals surface area contributed by atoms with Crippen LogP contribution in [0.25, 0.3) is 0 Å². The normalized spacial score (nSPS) is 29.5. The summed E-state index contributed by atoms with van der Waals surface area (Å²) in [4.78, 5) is 43.0. The van der Waals surface area contributed by atoms with Crippen LogP contribution in [0.4, 0.5) is 9.18 Å². The van der Waals surface area contributed by atoms with Crippen LogP contribution in [0.15, 0.2) is 18.2 Å². The van der Waals surface area contributed by atoms with E-state index in [1.807, 2.05) is 6.07 Å². The fourth-order valence-electron chi connectivity index (χ4n) is 7.29. The maximum atomic E-state index is 15.4. The molecule has 2 N–H and O–H groups in total. The van der Waals surface area contributed by atoms with Crippen LogP contribution >= 0.6 is 0 Å². The van der Waals surface area contributed by atoms with E-state index in [1.54, 1.807) is 37.8 Å². The highest BCUT2D eigenvalue weighted by Gasteiger charge is 2.52. The van der Waals surface area contributed by atoms with E-state index < -0.39 is 29.6 Å². The largest absolute Gasteiger partial charge is 0.444 e. The highest BCUT2D eigenvalue weighted by Crippen LogP contribution is 2.44. The van der Waals surface area contributed by atoms with Gasteiger partial charge in [-0.3, -0.25) is 19.4 Å². The molecular formula is C31H44FN3O5. The number of carbonyl (C=O) groups excluding carboxylic acids is 3. The van der Waals surface area contributed by atoms with Crippen molar-refractivity contribution in [3.63, 3.8) is 0 Å². The molecule has 3 heterocycles. The molecule has 6 atom stereocenters. The van der Waals surface area contributed by atoms with Gasteiger partial charge < -0.3 is 15.2 Å². The summed E-state index contributed by atoms with van der Waals surface area (Å²) in [6.07, 6.45) is 5.05. The fraction of sp³-hybridized carbons (Fsp3) is 0.710. The number of amides is 2. The maximum absolute atomic E-state index is 15.4. The summed E-state index contributed by atoms with van der Waals surface area (Å²) in [6.45, 7) is 8.91. The number of Topliss-reactive ketones (excluding diaryl/α,β-unsaturated/α-hetero) is 1. The van der Waals surface area contributed by atoms with Gasteiger partial charge >= 0.3 is 6.09 Å². The quantitative estimate of drug-likeness (QED) is 0.515. The third-order valence-corrected chi connectivity index (χ3v) is 9.26. The van der Waals surface area contributed by atoms with E-state index in [0.717, 1.165) is 70.4 Å². The summed E-state index contributed by atoms with van der Waals surface area (Å²) in [5, 5.41) is 0. The topological polar surface area (TPSA) is 102 Å². The predicted octanol–water partition coefficient (Wildman–Crippen LogP) is 4.19. The van der Waals surface area contributed by atoms with Crippen LogP contribution in [-0.4, -0.2) is 77.6 Å². The number of primary amides is 1. The molecule has 2 bridgehead atoms. The van der Waals surface area contributed by atoms with E-state index in [2.05, 4.69) is 4.90 Å². The number of fused-ring (bicyclic) bond motifs is 2. The Hall–Kier alpha value is -2.52. The lowest BCUT2D eigenvalue weighted by Crippen LogP contribution is -2.51. The summed E-state index contributed by atoms with van der Waals surface area (Å²) in [6, 6.07) is 5.09. The van der Waals surface area contributed by atoms with Gasteiger partial charge in [-0.25, -0.2) is 9.18 Å². The molecule has 40 heavy (non-hydrogen) atoms. The van der Waals surface area contributed by atoms with Crippen molar-refractivity contribution in [1.29, 1.82) is 0 Å². The Morgan fingerprint density at radius 2 is 1.95 bits per heavy atom. The molecule has 0 radical (unpaired) electrons. The van der Waals surface area contributed by atoms with Crippen molar-refractivity contribution in [2.75, 3.05) is 26.3 Å². The van der Waals surface area contributed by atoms with Gasteiger partial charge in [0.05, 0.1) is 12.6 Å². The number of piperidine rings is 2. The zero-order valence-electron chi connectivity index (χ0n) is 24.1. The Morgan fingerprint density at radius 3 is 2.62 bits per heavy atom. The van der Waals surface area contributed by atoms with Crippen LogP contribution in [0, 0.1) is 17.7 Å². The minimum atomic E-state index is -0.847. The number of ketones is 1. The molecule has 1 aromatic rings. The minimum absolute atomic E-state index is 0.0253. The molecule has 3 saturated heterocycles. The van der Waals surface area contributed by atoms with Crippen LogP contribution in [0.3, 0.4) is 0 Å². The molecule has 4 fully saturated rings. The maximum Gasteiger partial charge on any atom is 0.411 e. The molecule has 1 aliphatic carbocycles. The fourth-order valence-corrected chi connectivity index (χ4v) is 7.29. The zero-order valence-corrected chi connectivity index (χ0v) is 24.1. The molecule has 8 nitrogen and oxygen atoms in total. The number of likely N-dealkylation sites (tertiary alicyclic amines) is 2. The van der Waals surface area contributed by atoms with Crippen LogP contribution in [0.1, 0.15) is 82.8 Å². The number of carbonyl (C=O) groups is 3. The molecule has 1 aromatic carbocycles. The van der Waals surface area contributed by atoms with Crippen molar-refractivity contribution >= 4 is 17.8 Å². The lowest BCUT2D eigenvalue weighted by Gasteiger charge is -2.36. The minimum Gasteiger partial charge on any atom is -0.444 e. The monoisotopic (exact) mass is 557 g/mol. The first kappa shape index (κ1) is 29.0. The number of rotatable bonds is 8. The average Bonchev–Trinajstić information content (AvgIpc) is 3.66. The highest BCUT2D eigenvalue weighted by atomic mass is 19.1. The third-order valence-electron chi connectivity index (χ3n) is 9.26. The number of hydrogen-bond donors (Lipinski definition) is 1. The first-order chi connectivity index (χ1) is 19.0. The second-order valence-corrected chi connectivity index (χ2v) is 13.2. The van der Waals surface area contributed by atoms with Gasteiger partial charge in [0.2, 0.25) is 5.91 Å². The lowest BCUT2D eigenvalue weighted by molar-refractivity contribution is -0.131. The number of benzene rings is 1. The summed E-state index contributed by atoms with van der Waals surface area (Å²) < 4.78 is 26.5. The van der Waals surface area contributed by atoms with Gasteiger partial charge in [0.15, 0.2) is 5.78 Å². The van der Waals surface area contributed by atoms with Crippen molar-refractivity contribution in [2.24, 2.45) is 17.6 Å². The molecule has 4 aliphatic rings. The number of halogens is 1. The molecular weight excluding hydrogens is 513 g/mol. The van der Waals surface area contributed by atoms with E-state index in [1.165, 1.54) is 0 Å². The highest BCUT2D eigenvalue weighted by molar-refractivity contribution is 5.92. The second-order valence-electron chi connectivity index (χ2n) is 13.2. The predicted molar refractivity (Wildman–Crippen MR) is 148 cm³/mol. The first-order valence-electron chi connectivity index (χ1n) is 14.9. The van der Waals surface area contributed by atoms with Gasteiger partial charge in [0.1, 0.15) is 11.4 Å².